The zero-order valence-electron chi connectivity index (χ0n) is 15.6. The Morgan fingerprint density at radius 2 is 1.71 bits per heavy atom. The smallest absolute Gasteiger partial charge is 0.223 e. The fourth-order valence-corrected chi connectivity index (χ4v) is 3.57. The molecule has 28 heavy (non-hydrogen) atoms. The van der Waals surface area contributed by atoms with Gasteiger partial charge in [-0.25, -0.2) is 4.39 Å². The van der Waals surface area contributed by atoms with E-state index >= 15 is 0 Å². The van der Waals surface area contributed by atoms with Gasteiger partial charge in [-0.1, -0.05) is 47.6 Å². The first-order valence-electron chi connectivity index (χ1n) is 9.48. The molecule has 1 aromatic heterocycles. The van der Waals surface area contributed by atoms with Gasteiger partial charge in [0.05, 0.1) is 5.69 Å². The van der Waals surface area contributed by atoms with Crippen LogP contribution in [0.4, 0.5) is 10.1 Å². The number of nitrogens with zero attached hydrogens (tertiary/aromatic N) is 3. The highest BCUT2D eigenvalue weighted by molar-refractivity contribution is 5.77. The van der Waals surface area contributed by atoms with Gasteiger partial charge >= 0.3 is 0 Å². The molecule has 5 nitrogen and oxygen atoms in total. The molecule has 0 unspecified atom stereocenters. The van der Waals surface area contributed by atoms with Crippen molar-refractivity contribution in [1.29, 1.82) is 0 Å². The molecule has 1 amide bonds. The Morgan fingerprint density at radius 1 is 1.00 bits per heavy atom. The standard InChI is InChI=1S/C22H22FN3O2/c23-19-8-4-5-9-20(19)25-12-14-26(15-13-25)21(27)11-10-18-16-28-24-22(18)17-6-2-1-3-7-17/h1-9,16H,10-15H2. The van der Waals surface area contributed by atoms with E-state index in [0.717, 1.165) is 16.8 Å². The van der Waals surface area contributed by atoms with Crippen LogP contribution in [0.2, 0.25) is 0 Å². The van der Waals surface area contributed by atoms with Gasteiger partial charge in [-0.05, 0) is 18.6 Å². The molecule has 0 aliphatic carbocycles. The predicted octanol–water partition coefficient (Wildman–Crippen LogP) is 3.76. The number of carbonyl (C=O) groups is 1. The SMILES string of the molecule is O=C(CCc1conc1-c1ccccc1)N1CCN(c2ccccc2F)CC1. The molecular weight excluding hydrogens is 357 g/mol. The van der Waals surface area contributed by atoms with Crippen molar-refractivity contribution in [3.05, 3.63) is 72.2 Å². The summed E-state index contributed by atoms with van der Waals surface area (Å²) < 4.78 is 19.1. The van der Waals surface area contributed by atoms with Gasteiger partial charge in [0.15, 0.2) is 0 Å². The average Bonchev–Trinajstić information content (AvgIpc) is 3.22. The van der Waals surface area contributed by atoms with E-state index in [1.54, 1.807) is 18.4 Å². The molecule has 2 aromatic carbocycles. The van der Waals surface area contributed by atoms with E-state index in [0.29, 0.717) is 44.7 Å². The van der Waals surface area contributed by atoms with Crippen LogP contribution in [0.3, 0.4) is 0 Å². The first-order chi connectivity index (χ1) is 13.7. The van der Waals surface area contributed by atoms with Crippen LogP contribution in [0, 0.1) is 5.82 Å². The van der Waals surface area contributed by atoms with Gasteiger partial charge in [0.25, 0.3) is 0 Å². The molecule has 0 spiro atoms. The van der Waals surface area contributed by atoms with Crippen LogP contribution >= 0.6 is 0 Å². The molecule has 1 aliphatic heterocycles. The molecule has 1 aliphatic rings. The lowest BCUT2D eigenvalue weighted by Gasteiger charge is -2.36. The Bertz CT molecular complexity index is 934. The Morgan fingerprint density at radius 3 is 2.46 bits per heavy atom. The lowest BCUT2D eigenvalue weighted by Crippen LogP contribution is -2.49. The zero-order valence-corrected chi connectivity index (χ0v) is 15.6. The summed E-state index contributed by atoms with van der Waals surface area (Å²) >= 11 is 0. The van der Waals surface area contributed by atoms with Crippen molar-refractivity contribution in [3.63, 3.8) is 0 Å². The zero-order chi connectivity index (χ0) is 19.3. The van der Waals surface area contributed by atoms with E-state index in [1.807, 2.05) is 46.2 Å². The molecule has 6 heteroatoms. The number of hydrogen-bond acceptors (Lipinski definition) is 4. The van der Waals surface area contributed by atoms with Gasteiger partial charge in [0.1, 0.15) is 17.8 Å². The third kappa shape index (κ3) is 3.91. The minimum absolute atomic E-state index is 0.105. The van der Waals surface area contributed by atoms with E-state index in [1.165, 1.54) is 6.07 Å². The normalized spacial score (nSPS) is 14.3. The van der Waals surface area contributed by atoms with Gasteiger partial charge in [-0.15, -0.1) is 0 Å². The van der Waals surface area contributed by atoms with Crippen molar-refractivity contribution in [1.82, 2.24) is 10.1 Å². The molecule has 3 aromatic rings. The fourth-order valence-electron chi connectivity index (χ4n) is 3.57. The molecule has 0 bridgehead atoms. The molecule has 144 valence electrons. The van der Waals surface area contributed by atoms with Crippen LogP contribution in [0.1, 0.15) is 12.0 Å². The summed E-state index contributed by atoms with van der Waals surface area (Å²) in [6.45, 7) is 2.47. The van der Waals surface area contributed by atoms with Gasteiger partial charge < -0.3 is 14.3 Å². The quantitative estimate of drug-likeness (QED) is 0.677. The maximum absolute atomic E-state index is 13.9. The first-order valence-corrected chi connectivity index (χ1v) is 9.48. The second-order valence-electron chi connectivity index (χ2n) is 6.87. The molecule has 0 N–H and O–H groups in total. The maximum atomic E-state index is 13.9. The second kappa shape index (κ2) is 8.25. The van der Waals surface area contributed by atoms with Gasteiger partial charge in [0, 0.05) is 43.7 Å². The van der Waals surface area contributed by atoms with Crippen LogP contribution in [-0.2, 0) is 11.2 Å². The Kier molecular flexibility index (Phi) is 5.37. The van der Waals surface area contributed by atoms with Gasteiger partial charge in [0.2, 0.25) is 5.91 Å². The van der Waals surface area contributed by atoms with Crippen LogP contribution in [0.15, 0.2) is 65.4 Å². The van der Waals surface area contributed by atoms with E-state index in [4.69, 9.17) is 4.52 Å². The molecule has 0 saturated carbocycles. The van der Waals surface area contributed by atoms with Crippen LogP contribution in [0.25, 0.3) is 11.3 Å². The third-order valence-electron chi connectivity index (χ3n) is 5.12. The third-order valence-corrected chi connectivity index (χ3v) is 5.12. The number of halogens is 1. The number of aryl methyl sites for hydroxylation is 1. The van der Waals surface area contributed by atoms with Crippen molar-refractivity contribution < 1.29 is 13.7 Å². The summed E-state index contributed by atoms with van der Waals surface area (Å²) in [4.78, 5) is 16.5. The molecular formula is C22H22FN3O2. The molecule has 4 rings (SSSR count). The highest BCUT2D eigenvalue weighted by Crippen LogP contribution is 2.24. The van der Waals surface area contributed by atoms with Crippen molar-refractivity contribution in [2.24, 2.45) is 0 Å². The lowest BCUT2D eigenvalue weighted by molar-refractivity contribution is -0.131. The molecule has 1 saturated heterocycles. The number of aromatic nitrogens is 1. The highest BCUT2D eigenvalue weighted by Gasteiger charge is 2.23. The number of amides is 1. The van der Waals surface area contributed by atoms with E-state index in [9.17, 15) is 9.18 Å². The van der Waals surface area contributed by atoms with Gasteiger partial charge in [-0.3, -0.25) is 4.79 Å². The van der Waals surface area contributed by atoms with Crippen molar-refractivity contribution in [2.45, 2.75) is 12.8 Å². The molecule has 1 fully saturated rings. The number of carbonyl (C=O) groups excluding carboxylic acids is 1. The predicted molar refractivity (Wildman–Crippen MR) is 105 cm³/mol. The fraction of sp³-hybridized carbons (Fsp3) is 0.273. The minimum atomic E-state index is -0.219. The Labute approximate surface area is 163 Å². The number of anilines is 1. The summed E-state index contributed by atoms with van der Waals surface area (Å²) in [7, 11) is 0. The van der Waals surface area contributed by atoms with Crippen molar-refractivity contribution in [2.75, 3.05) is 31.1 Å². The summed E-state index contributed by atoms with van der Waals surface area (Å²) in [5.74, 6) is -0.114. The topological polar surface area (TPSA) is 49.6 Å². The molecule has 0 radical (unpaired) electrons. The monoisotopic (exact) mass is 379 g/mol. The second-order valence-corrected chi connectivity index (χ2v) is 6.87. The maximum Gasteiger partial charge on any atom is 0.223 e. The number of rotatable bonds is 5. The number of hydrogen-bond donors (Lipinski definition) is 0. The number of benzene rings is 2. The molecule has 0 atom stereocenters. The lowest BCUT2D eigenvalue weighted by atomic mass is 10.0. The van der Waals surface area contributed by atoms with E-state index < -0.39 is 0 Å². The van der Waals surface area contributed by atoms with E-state index in [-0.39, 0.29) is 11.7 Å². The van der Waals surface area contributed by atoms with Crippen LogP contribution in [-0.4, -0.2) is 42.1 Å². The molecule has 2 heterocycles. The number of para-hydroxylation sites is 1. The van der Waals surface area contributed by atoms with Crippen molar-refractivity contribution in [3.8, 4) is 11.3 Å². The summed E-state index contributed by atoms with van der Waals surface area (Å²) in [5, 5.41) is 4.09. The van der Waals surface area contributed by atoms with Gasteiger partial charge in [-0.2, -0.15) is 0 Å². The summed E-state index contributed by atoms with van der Waals surface area (Å²) in [5.41, 5.74) is 3.31. The van der Waals surface area contributed by atoms with E-state index in [2.05, 4.69) is 5.16 Å². The first kappa shape index (κ1) is 18.2. The number of piperazine rings is 1. The Balaban J connectivity index is 1.33. The Hall–Kier alpha value is -3.15. The minimum Gasteiger partial charge on any atom is -0.366 e. The summed E-state index contributed by atoms with van der Waals surface area (Å²) in [6.07, 6.45) is 2.60. The largest absolute Gasteiger partial charge is 0.366 e. The van der Waals surface area contributed by atoms with Crippen LogP contribution in [0.5, 0.6) is 0 Å². The average molecular weight is 379 g/mol. The highest BCUT2D eigenvalue weighted by atomic mass is 19.1. The van der Waals surface area contributed by atoms with Crippen LogP contribution < -0.4 is 4.90 Å². The van der Waals surface area contributed by atoms with Crippen molar-refractivity contribution >= 4 is 11.6 Å². The summed E-state index contributed by atoms with van der Waals surface area (Å²) in [6, 6.07) is 16.6.